The van der Waals surface area contributed by atoms with Gasteiger partial charge in [0.2, 0.25) is 5.91 Å². The lowest BCUT2D eigenvalue weighted by Crippen LogP contribution is -2.23. The molecule has 4 aromatic rings. The number of nitrogens with one attached hydrogen (secondary N) is 1. The number of hydrogen-bond donors (Lipinski definition) is 1. The van der Waals surface area contributed by atoms with Gasteiger partial charge in [-0.25, -0.2) is 4.98 Å². The second-order valence-electron chi connectivity index (χ2n) is 7.40. The lowest BCUT2D eigenvalue weighted by atomic mass is 10.1. The zero-order valence-electron chi connectivity index (χ0n) is 18.5. The number of nitro groups is 1. The molecule has 0 aliphatic rings. The van der Waals surface area contributed by atoms with Gasteiger partial charge in [-0.15, -0.1) is 21.5 Å². The molecule has 1 amide bonds. The molecule has 0 aliphatic heterocycles. The van der Waals surface area contributed by atoms with Gasteiger partial charge in [0.25, 0.3) is 5.69 Å². The van der Waals surface area contributed by atoms with Crippen LogP contribution in [0.25, 0.3) is 11.3 Å². The summed E-state index contributed by atoms with van der Waals surface area (Å²) in [5.41, 5.74) is 2.33. The summed E-state index contributed by atoms with van der Waals surface area (Å²) in [6, 6.07) is 16.3. The summed E-state index contributed by atoms with van der Waals surface area (Å²) in [6.45, 7) is 4.53. The Morgan fingerprint density at radius 1 is 1.21 bits per heavy atom. The van der Waals surface area contributed by atoms with Crippen molar-refractivity contribution in [3.05, 3.63) is 81.5 Å². The molecular formula is C23H22N6O3S2. The summed E-state index contributed by atoms with van der Waals surface area (Å²) in [4.78, 5) is 27.8. The first-order chi connectivity index (χ1) is 16.4. The van der Waals surface area contributed by atoms with E-state index in [0.717, 1.165) is 11.4 Å². The molecule has 0 bridgehead atoms. The highest BCUT2D eigenvalue weighted by atomic mass is 32.2. The molecule has 34 heavy (non-hydrogen) atoms. The number of thioether (sulfide) groups is 1. The molecule has 1 atom stereocenters. The van der Waals surface area contributed by atoms with Gasteiger partial charge >= 0.3 is 0 Å². The molecule has 4 rings (SSSR count). The van der Waals surface area contributed by atoms with Crippen LogP contribution in [-0.2, 0) is 17.8 Å². The SMILES string of the molecule is CCn1c(Cc2ccccc2)nnc1SC(C)C(=O)Nc1nc(-c2cccc([N+](=O)[O-])c2)cs1. The van der Waals surface area contributed by atoms with Gasteiger partial charge in [0.1, 0.15) is 5.82 Å². The fourth-order valence-corrected chi connectivity index (χ4v) is 4.95. The number of rotatable bonds is 9. The summed E-state index contributed by atoms with van der Waals surface area (Å²) in [5, 5.41) is 24.9. The third-order valence-corrected chi connectivity index (χ3v) is 6.89. The lowest BCUT2D eigenvalue weighted by molar-refractivity contribution is -0.384. The number of amides is 1. The fraction of sp³-hybridized carbons (Fsp3) is 0.217. The number of carbonyl (C=O) groups excluding carboxylic acids is 1. The molecule has 0 fully saturated rings. The van der Waals surface area contributed by atoms with E-state index >= 15 is 0 Å². The maximum atomic E-state index is 12.8. The Balaban J connectivity index is 1.41. The van der Waals surface area contributed by atoms with Gasteiger partial charge in [0.05, 0.1) is 15.9 Å². The minimum absolute atomic E-state index is 0.00669. The highest BCUT2D eigenvalue weighted by Gasteiger charge is 2.21. The van der Waals surface area contributed by atoms with Crippen LogP contribution in [0.15, 0.2) is 65.1 Å². The van der Waals surface area contributed by atoms with E-state index in [4.69, 9.17) is 0 Å². The van der Waals surface area contributed by atoms with Crippen LogP contribution in [0.4, 0.5) is 10.8 Å². The zero-order chi connectivity index (χ0) is 24.1. The zero-order valence-corrected chi connectivity index (χ0v) is 20.2. The molecule has 0 radical (unpaired) electrons. The first-order valence-corrected chi connectivity index (χ1v) is 12.3. The Morgan fingerprint density at radius 2 is 2.00 bits per heavy atom. The topological polar surface area (TPSA) is 116 Å². The second-order valence-corrected chi connectivity index (χ2v) is 9.57. The number of aromatic nitrogens is 4. The summed E-state index contributed by atoms with van der Waals surface area (Å²) in [7, 11) is 0. The van der Waals surface area contributed by atoms with Crippen molar-refractivity contribution in [2.24, 2.45) is 0 Å². The third-order valence-electron chi connectivity index (χ3n) is 5.05. The normalized spacial score (nSPS) is 11.8. The molecule has 11 heteroatoms. The van der Waals surface area contributed by atoms with Crippen molar-refractivity contribution < 1.29 is 9.72 Å². The van der Waals surface area contributed by atoms with E-state index in [1.165, 1.54) is 35.2 Å². The maximum absolute atomic E-state index is 12.8. The van der Waals surface area contributed by atoms with Crippen molar-refractivity contribution in [1.29, 1.82) is 0 Å². The highest BCUT2D eigenvalue weighted by Crippen LogP contribution is 2.29. The maximum Gasteiger partial charge on any atom is 0.270 e. The summed E-state index contributed by atoms with van der Waals surface area (Å²) < 4.78 is 2.02. The van der Waals surface area contributed by atoms with Crippen LogP contribution in [0, 0.1) is 10.1 Å². The molecule has 0 saturated heterocycles. The number of anilines is 1. The van der Waals surface area contributed by atoms with Crippen molar-refractivity contribution in [3.63, 3.8) is 0 Å². The van der Waals surface area contributed by atoms with Gasteiger partial charge in [-0.1, -0.05) is 54.2 Å². The molecule has 2 aromatic heterocycles. The number of thiazole rings is 1. The van der Waals surface area contributed by atoms with Crippen LogP contribution >= 0.6 is 23.1 Å². The molecule has 9 nitrogen and oxygen atoms in total. The van der Waals surface area contributed by atoms with E-state index < -0.39 is 10.2 Å². The number of nitrogens with zero attached hydrogens (tertiary/aromatic N) is 5. The van der Waals surface area contributed by atoms with E-state index in [9.17, 15) is 14.9 Å². The van der Waals surface area contributed by atoms with Crippen LogP contribution in [0.3, 0.4) is 0 Å². The van der Waals surface area contributed by atoms with Crippen molar-refractivity contribution in [1.82, 2.24) is 19.7 Å². The molecular weight excluding hydrogens is 472 g/mol. The minimum atomic E-state index is -0.447. The lowest BCUT2D eigenvalue weighted by Gasteiger charge is -2.11. The van der Waals surface area contributed by atoms with E-state index in [0.29, 0.717) is 34.5 Å². The van der Waals surface area contributed by atoms with Crippen LogP contribution in [0.1, 0.15) is 25.2 Å². The van der Waals surface area contributed by atoms with Gasteiger partial charge in [-0.2, -0.15) is 0 Å². The number of benzene rings is 2. The Bertz CT molecular complexity index is 1310. The monoisotopic (exact) mass is 494 g/mol. The number of carbonyl (C=O) groups is 1. The van der Waals surface area contributed by atoms with Crippen molar-refractivity contribution in [3.8, 4) is 11.3 Å². The standard InChI is InChI=1S/C23H22N6O3S2/c1-3-28-20(12-16-8-5-4-6-9-16)26-27-23(28)34-15(2)21(30)25-22-24-19(14-33-22)17-10-7-11-18(13-17)29(31)32/h4-11,13-15H,3,12H2,1-2H3,(H,24,25,30). The van der Waals surface area contributed by atoms with E-state index in [2.05, 4.69) is 20.5 Å². The van der Waals surface area contributed by atoms with Crippen LogP contribution in [0.2, 0.25) is 0 Å². The quantitative estimate of drug-likeness (QED) is 0.197. The Kier molecular flexibility index (Phi) is 7.33. The second kappa shape index (κ2) is 10.6. The van der Waals surface area contributed by atoms with Gasteiger partial charge in [0.15, 0.2) is 10.3 Å². The van der Waals surface area contributed by atoms with E-state index in [1.54, 1.807) is 24.4 Å². The van der Waals surface area contributed by atoms with Gasteiger partial charge in [0, 0.05) is 36.0 Å². The Hall–Kier alpha value is -3.57. The van der Waals surface area contributed by atoms with Crippen molar-refractivity contribution in [2.75, 3.05) is 5.32 Å². The molecule has 174 valence electrons. The molecule has 0 spiro atoms. The molecule has 0 saturated carbocycles. The Labute approximate surface area is 204 Å². The van der Waals surface area contributed by atoms with Crippen LogP contribution in [-0.4, -0.2) is 35.8 Å². The smallest absolute Gasteiger partial charge is 0.270 e. The molecule has 1 N–H and O–H groups in total. The minimum Gasteiger partial charge on any atom is -0.306 e. The van der Waals surface area contributed by atoms with Crippen molar-refractivity contribution >= 4 is 39.8 Å². The molecule has 1 unspecified atom stereocenters. The Morgan fingerprint density at radius 3 is 2.74 bits per heavy atom. The van der Waals surface area contributed by atoms with Crippen molar-refractivity contribution in [2.45, 2.75) is 37.2 Å². The predicted octanol–water partition coefficient (Wildman–Crippen LogP) is 5.04. The first kappa shape index (κ1) is 23.6. The number of non-ortho nitro benzene ring substituents is 1. The predicted molar refractivity (Wildman–Crippen MR) is 133 cm³/mol. The van der Waals surface area contributed by atoms with Gasteiger partial charge < -0.3 is 9.88 Å². The average molecular weight is 495 g/mol. The van der Waals surface area contributed by atoms with Crippen LogP contribution < -0.4 is 5.32 Å². The first-order valence-electron chi connectivity index (χ1n) is 10.6. The van der Waals surface area contributed by atoms with Gasteiger partial charge in [-0.3, -0.25) is 14.9 Å². The van der Waals surface area contributed by atoms with E-state index in [-0.39, 0.29) is 11.6 Å². The summed E-state index contributed by atoms with van der Waals surface area (Å²) in [5.74, 6) is 0.644. The largest absolute Gasteiger partial charge is 0.306 e. The summed E-state index contributed by atoms with van der Waals surface area (Å²) in [6.07, 6.45) is 0.669. The number of nitro benzene ring substituents is 1. The summed E-state index contributed by atoms with van der Waals surface area (Å²) >= 11 is 2.61. The molecule has 2 heterocycles. The highest BCUT2D eigenvalue weighted by molar-refractivity contribution is 8.00. The van der Waals surface area contributed by atoms with Crippen LogP contribution in [0.5, 0.6) is 0 Å². The molecule has 0 aliphatic carbocycles. The fourth-order valence-electron chi connectivity index (χ4n) is 3.29. The average Bonchev–Trinajstić information content (AvgIpc) is 3.46. The third kappa shape index (κ3) is 5.49. The molecule has 2 aromatic carbocycles. The van der Waals surface area contributed by atoms with E-state index in [1.807, 2.05) is 41.8 Å². The number of hydrogen-bond acceptors (Lipinski definition) is 8. The van der Waals surface area contributed by atoms with Gasteiger partial charge in [-0.05, 0) is 19.4 Å².